The van der Waals surface area contributed by atoms with Crippen molar-refractivity contribution in [3.63, 3.8) is 0 Å². The van der Waals surface area contributed by atoms with Gasteiger partial charge in [-0.1, -0.05) is 26.8 Å². The van der Waals surface area contributed by atoms with Crippen LogP contribution in [0, 0.1) is 19.3 Å². The average molecular weight is 372 g/mol. The third kappa shape index (κ3) is 4.63. The summed E-state index contributed by atoms with van der Waals surface area (Å²) in [4.78, 5) is 27.4. The first-order chi connectivity index (χ1) is 12.6. The number of fused-ring (bicyclic) bond motifs is 2. The van der Waals surface area contributed by atoms with Crippen LogP contribution in [0.4, 0.5) is 10.5 Å². The Morgan fingerprint density at radius 3 is 2.07 bits per heavy atom. The van der Waals surface area contributed by atoms with Crippen molar-refractivity contribution in [3.05, 3.63) is 29.3 Å². The Hall–Kier alpha value is -2.04. The number of carbonyl (C=O) groups excluding carboxylic acids is 2. The first-order valence-corrected chi connectivity index (χ1v) is 10.1. The smallest absolute Gasteiger partial charge is 0.322 e. The molecule has 2 bridgehead atoms. The van der Waals surface area contributed by atoms with Crippen molar-refractivity contribution in [1.82, 2.24) is 10.2 Å². The molecule has 1 unspecified atom stereocenters. The number of hydrogen-bond donors (Lipinski definition) is 2. The van der Waals surface area contributed by atoms with Crippen LogP contribution in [0.1, 0.15) is 64.0 Å². The van der Waals surface area contributed by atoms with E-state index in [2.05, 4.69) is 16.7 Å². The van der Waals surface area contributed by atoms with Crippen LogP contribution in [-0.4, -0.2) is 35.0 Å². The maximum atomic E-state index is 13.0. The highest BCUT2D eigenvalue weighted by Crippen LogP contribution is 2.35. The van der Waals surface area contributed by atoms with Gasteiger partial charge in [0.25, 0.3) is 0 Å². The fourth-order valence-electron chi connectivity index (χ4n) is 4.47. The molecule has 3 amide bonds. The van der Waals surface area contributed by atoms with Crippen molar-refractivity contribution in [2.75, 3.05) is 5.32 Å². The number of nitrogens with zero attached hydrogens (tertiary/aromatic N) is 1. The number of carbonyl (C=O) groups is 2. The monoisotopic (exact) mass is 371 g/mol. The summed E-state index contributed by atoms with van der Waals surface area (Å²) in [6.07, 6.45) is 4.87. The highest BCUT2D eigenvalue weighted by Gasteiger charge is 2.41. The fourth-order valence-corrected chi connectivity index (χ4v) is 4.47. The number of urea groups is 1. The lowest BCUT2D eigenvalue weighted by molar-refractivity contribution is -0.129. The van der Waals surface area contributed by atoms with Gasteiger partial charge in [0, 0.05) is 29.2 Å². The summed E-state index contributed by atoms with van der Waals surface area (Å²) in [7, 11) is 0. The van der Waals surface area contributed by atoms with Crippen molar-refractivity contribution in [2.24, 2.45) is 5.41 Å². The number of piperidine rings is 2. The summed E-state index contributed by atoms with van der Waals surface area (Å²) in [6, 6.07) is 6.69. The van der Waals surface area contributed by atoms with Crippen LogP contribution in [-0.2, 0) is 4.79 Å². The molecular formula is C22H33N3O2. The minimum atomic E-state index is -0.382. The SMILES string of the molecule is Cc1cc(C)cc(NC(=O)N2[C@@H]3CCC[C@H]2CC(NC(=O)C(C)(C)C)C3)c1. The van der Waals surface area contributed by atoms with Crippen LogP contribution < -0.4 is 10.6 Å². The number of hydrogen-bond acceptors (Lipinski definition) is 2. The lowest BCUT2D eigenvalue weighted by Crippen LogP contribution is -2.60. The van der Waals surface area contributed by atoms with Crippen LogP contribution in [0.2, 0.25) is 0 Å². The van der Waals surface area contributed by atoms with Crippen LogP contribution >= 0.6 is 0 Å². The van der Waals surface area contributed by atoms with Gasteiger partial charge in [-0.3, -0.25) is 4.79 Å². The molecule has 0 aromatic heterocycles. The standard InChI is InChI=1S/C22H33N3O2/c1-14-9-15(2)11-16(10-14)24-21(27)25-18-7-6-8-19(25)13-17(12-18)23-20(26)22(3,4)5/h9-11,17-19H,6-8,12-13H2,1-5H3,(H,23,26)(H,24,27)/t17?,18-,19+. The van der Waals surface area contributed by atoms with E-state index < -0.39 is 0 Å². The topological polar surface area (TPSA) is 61.4 Å². The summed E-state index contributed by atoms with van der Waals surface area (Å²) in [5, 5.41) is 6.32. The van der Waals surface area contributed by atoms with E-state index in [1.807, 2.05) is 51.7 Å². The second-order valence-electron chi connectivity index (χ2n) is 9.34. The minimum absolute atomic E-state index is 0.00435. The molecule has 3 atom stereocenters. The van der Waals surface area contributed by atoms with Gasteiger partial charge in [-0.05, 0) is 69.2 Å². The zero-order valence-electron chi connectivity index (χ0n) is 17.3. The van der Waals surface area contributed by atoms with Crippen LogP contribution in [0.3, 0.4) is 0 Å². The maximum Gasteiger partial charge on any atom is 0.322 e. The number of rotatable bonds is 2. The predicted molar refractivity (Wildman–Crippen MR) is 109 cm³/mol. The van der Waals surface area contributed by atoms with Gasteiger partial charge >= 0.3 is 6.03 Å². The Balaban J connectivity index is 1.68. The van der Waals surface area contributed by atoms with Crippen molar-refractivity contribution < 1.29 is 9.59 Å². The third-order valence-electron chi connectivity index (χ3n) is 5.70. The van der Waals surface area contributed by atoms with E-state index in [-0.39, 0.29) is 35.5 Å². The molecule has 5 heteroatoms. The Labute approximate surface area is 162 Å². The molecule has 2 saturated heterocycles. The number of nitrogens with one attached hydrogen (secondary N) is 2. The molecule has 2 heterocycles. The summed E-state index contributed by atoms with van der Waals surface area (Å²) < 4.78 is 0. The van der Waals surface area contributed by atoms with Gasteiger partial charge in [0.1, 0.15) is 0 Å². The quantitative estimate of drug-likeness (QED) is 0.810. The molecule has 0 aliphatic carbocycles. The second kappa shape index (κ2) is 7.53. The molecule has 0 saturated carbocycles. The van der Waals surface area contributed by atoms with E-state index in [1.165, 1.54) is 0 Å². The van der Waals surface area contributed by atoms with Crippen molar-refractivity contribution in [3.8, 4) is 0 Å². The average Bonchev–Trinajstić information content (AvgIpc) is 2.51. The Kier molecular flexibility index (Phi) is 5.50. The molecule has 5 nitrogen and oxygen atoms in total. The van der Waals surface area contributed by atoms with E-state index in [4.69, 9.17) is 0 Å². The Morgan fingerprint density at radius 2 is 1.56 bits per heavy atom. The fraction of sp³-hybridized carbons (Fsp3) is 0.636. The molecule has 2 N–H and O–H groups in total. The Bertz CT molecular complexity index is 689. The molecule has 148 valence electrons. The molecule has 3 rings (SSSR count). The molecule has 2 aliphatic heterocycles. The summed E-state index contributed by atoms with van der Waals surface area (Å²) in [6.45, 7) is 9.91. The number of benzene rings is 1. The van der Waals surface area contributed by atoms with Crippen molar-refractivity contribution >= 4 is 17.6 Å². The highest BCUT2D eigenvalue weighted by atomic mass is 16.2. The molecule has 0 spiro atoms. The number of anilines is 1. The molecule has 2 aliphatic rings. The zero-order valence-corrected chi connectivity index (χ0v) is 17.3. The number of aryl methyl sites for hydroxylation is 2. The highest BCUT2D eigenvalue weighted by molar-refractivity contribution is 5.90. The first-order valence-electron chi connectivity index (χ1n) is 10.1. The molecule has 1 aromatic carbocycles. The second-order valence-corrected chi connectivity index (χ2v) is 9.34. The number of amides is 3. The zero-order chi connectivity index (χ0) is 19.8. The molecule has 27 heavy (non-hydrogen) atoms. The summed E-state index contributed by atoms with van der Waals surface area (Å²) in [5.74, 6) is 0.0960. The van der Waals surface area contributed by atoms with E-state index in [9.17, 15) is 9.59 Å². The summed E-state index contributed by atoms with van der Waals surface area (Å²) in [5.41, 5.74) is 2.77. The minimum Gasteiger partial charge on any atom is -0.353 e. The van der Waals surface area contributed by atoms with E-state index >= 15 is 0 Å². The van der Waals surface area contributed by atoms with Crippen molar-refractivity contribution in [1.29, 1.82) is 0 Å². The van der Waals surface area contributed by atoms with Gasteiger partial charge in [0.15, 0.2) is 0 Å². The lowest BCUT2D eigenvalue weighted by Gasteiger charge is -2.49. The Morgan fingerprint density at radius 1 is 1.00 bits per heavy atom. The van der Waals surface area contributed by atoms with Gasteiger partial charge < -0.3 is 15.5 Å². The van der Waals surface area contributed by atoms with Gasteiger partial charge in [-0.25, -0.2) is 4.79 Å². The van der Waals surface area contributed by atoms with Crippen LogP contribution in [0.25, 0.3) is 0 Å². The van der Waals surface area contributed by atoms with Crippen molar-refractivity contribution in [2.45, 2.75) is 84.8 Å². The van der Waals surface area contributed by atoms with Crippen LogP contribution in [0.5, 0.6) is 0 Å². The van der Waals surface area contributed by atoms with E-state index in [0.29, 0.717) is 0 Å². The van der Waals surface area contributed by atoms with Gasteiger partial charge in [0.2, 0.25) is 5.91 Å². The molecule has 1 aromatic rings. The largest absolute Gasteiger partial charge is 0.353 e. The van der Waals surface area contributed by atoms with Gasteiger partial charge in [-0.15, -0.1) is 0 Å². The van der Waals surface area contributed by atoms with Gasteiger partial charge in [0.05, 0.1) is 0 Å². The summed E-state index contributed by atoms with van der Waals surface area (Å²) >= 11 is 0. The maximum absolute atomic E-state index is 13.0. The molecular weight excluding hydrogens is 338 g/mol. The normalized spacial score (nSPS) is 25.1. The molecule has 2 fully saturated rings. The van der Waals surface area contributed by atoms with Gasteiger partial charge in [-0.2, -0.15) is 0 Å². The van der Waals surface area contributed by atoms with E-state index in [0.717, 1.165) is 48.9 Å². The predicted octanol–water partition coefficient (Wildman–Crippen LogP) is 4.38. The third-order valence-corrected chi connectivity index (χ3v) is 5.70. The van der Waals surface area contributed by atoms with Crippen LogP contribution in [0.15, 0.2) is 18.2 Å². The first kappa shape index (κ1) is 19.7. The lowest BCUT2D eigenvalue weighted by atomic mass is 9.81. The molecule has 0 radical (unpaired) electrons. The van der Waals surface area contributed by atoms with E-state index in [1.54, 1.807) is 0 Å².